The average molecular weight is 369 g/mol. The first-order chi connectivity index (χ1) is 12.5. The van der Waals surface area contributed by atoms with Gasteiger partial charge in [-0.3, -0.25) is 9.59 Å². The molecule has 1 amide bonds. The van der Waals surface area contributed by atoms with E-state index in [9.17, 15) is 14.7 Å². The van der Waals surface area contributed by atoms with Crippen LogP contribution in [-0.2, 0) is 4.79 Å². The molecule has 136 valence electrons. The standard InChI is InChI=1S/C21H23NO3S/c1-14-8-9-18(19(12-14)26-16-6-4-3-5-7-16)20(23)22-11-10-17(21(24)25)15(2)13-22/h3-9,12,15,17H,10-11,13H2,1-2H3,(H,24,25). The van der Waals surface area contributed by atoms with Gasteiger partial charge in [-0.1, -0.05) is 43.0 Å². The highest BCUT2D eigenvalue weighted by molar-refractivity contribution is 7.99. The van der Waals surface area contributed by atoms with Gasteiger partial charge in [0.1, 0.15) is 0 Å². The van der Waals surface area contributed by atoms with Crippen molar-refractivity contribution < 1.29 is 14.7 Å². The fourth-order valence-electron chi connectivity index (χ4n) is 3.37. The molecule has 2 unspecified atom stereocenters. The summed E-state index contributed by atoms with van der Waals surface area (Å²) in [5, 5.41) is 9.28. The van der Waals surface area contributed by atoms with Gasteiger partial charge in [-0.05, 0) is 49.1 Å². The first kappa shape index (κ1) is 18.5. The molecule has 0 saturated carbocycles. The summed E-state index contributed by atoms with van der Waals surface area (Å²) in [6, 6.07) is 15.9. The predicted molar refractivity (Wildman–Crippen MR) is 103 cm³/mol. The Bertz CT molecular complexity index is 806. The molecule has 1 fully saturated rings. The van der Waals surface area contributed by atoms with Crippen LogP contribution in [0, 0.1) is 18.8 Å². The van der Waals surface area contributed by atoms with E-state index in [0.717, 1.165) is 15.4 Å². The molecule has 2 atom stereocenters. The summed E-state index contributed by atoms with van der Waals surface area (Å²) in [7, 11) is 0. The average Bonchev–Trinajstić information content (AvgIpc) is 2.62. The minimum absolute atomic E-state index is 0.0147. The zero-order valence-corrected chi connectivity index (χ0v) is 15.8. The number of amides is 1. The van der Waals surface area contributed by atoms with Gasteiger partial charge in [0.15, 0.2) is 0 Å². The molecular weight excluding hydrogens is 346 g/mol. The van der Waals surface area contributed by atoms with E-state index in [1.807, 2.05) is 62.4 Å². The van der Waals surface area contributed by atoms with Gasteiger partial charge in [0.2, 0.25) is 0 Å². The minimum Gasteiger partial charge on any atom is -0.481 e. The lowest BCUT2D eigenvalue weighted by atomic mass is 9.87. The lowest BCUT2D eigenvalue weighted by Crippen LogP contribution is -2.45. The van der Waals surface area contributed by atoms with Crippen LogP contribution in [0.3, 0.4) is 0 Å². The smallest absolute Gasteiger partial charge is 0.306 e. The Labute approximate surface area is 158 Å². The third-order valence-electron chi connectivity index (χ3n) is 4.85. The maximum atomic E-state index is 13.1. The molecule has 2 aromatic carbocycles. The summed E-state index contributed by atoms with van der Waals surface area (Å²) in [5.41, 5.74) is 1.79. The first-order valence-corrected chi connectivity index (χ1v) is 9.63. The number of aryl methyl sites for hydroxylation is 1. The molecule has 26 heavy (non-hydrogen) atoms. The molecule has 1 saturated heterocycles. The molecule has 1 aliphatic rings. The van der Waals surface area contributed by atoms with Crippen molar-refractivity contribution in [2.75, 3.05) is 13.1 Å². The molecule has 1 N–H and O–H groups in total. The Morgan fingerprint density at radius 2 is 1.88 bits per heavy atom. The first-order valence-electron chi connectivity index (χ1n) is 8.81. The zero-order chi connectivity index (χ0) is 18.7. The van der Waals surface area contributed by atoms with Gasteiger partial charge in [-0.25, -0.2) is 0 Å². The van der Waals surface area contributed by atoms with Crippen molar-refractivity contribution in [3.05, 3.63) is 59.7 Å². The SMILES string of the molecule is Cc1ccc(C(=O)N2CCC(C(=O)O)C(C)C2)c(Sc2ccccc2)c1. The van der Waals surface area contributed by atoms with Crippen molar-refractivity contribution in [1.82, 2.24) is 4.90 Å². The molecule has 0 spiro atoms. The fourth-order valence-corrected chi connectivity index (χ4v) is 4.43. The number of carbonyl (C=O) groups excluding carboxylic acids is 1. The highest BCUT2D eigenvalue weighted by Crippen LogP contribution is 2.33. The van der Waals surface area contributed by atoms with E-state index in [2.05, 4.69) is 0 Å². The van der Waals surface area contributed by atoms with Crippen molar-refractivity contribution in [3.63, 3.8) is 0 Å². The third kappa shape index (κ3) is 4.10. The largest absolute Gasteiger partial charge is 0.481 e. The number of carboxylic acid groups (broad SMARTS) is 1. The van der Waals surface area contributed by atoms with Gasteiger partial charge in [-0.2, -0.15) is 0 Å². The molecule has 1 heterocycles. The van der Waals surface area contributed by atoms with Gasteiger partial charge >= 0.3 is 5.97 Å². The highest BCUT2D eigenvalue weighted by Gasteiger charge is 2.33. The summed E-state index contributed by atoms with van der Waals surface area (Å²) >= 11 is 1.59. The molecule has 0 bridgehead atoms. The van der Waals surface area contributed by atoms with Gasteiger partial charge in [0.05, 0.1) is 11.5 Å². The molecule has 0 aromatic heterocycles. The van der Waals surface area contributed by atoms with Crippen LogP contribution < -0.4 is 0 Å². The zero-order valence-electron chi connectivity index (χ0n) is 15.0. The van der Waals surface area contributed by atoms with E-state index >= 15 is 0 Å². The van der Waals surface area contributed by atoms with E-state index in [1.54, 1.807) is 16.7 Å². The number of aliphatic carboxylic acids is 1. The van der Waals surface area contributed by atoms with Gasteiger partial charge in [-0.15, -0.1) is 0 Å². The van der Waals surface area contributed by atoms with Crippen molar-refractivity contribution in [2.24, 2.45) is 11.8 Å². The quantitative estimate of drug-likeness (QED) is 0.871. The van der Waals surface area contributed by atoms with E-state index in [0.29, 0.717) is 25.1 Å². The molecule has 4 nitrogen and oxygen atoms in total. The van der Waals surface area contributed by atoms with Crippen LogP contribution in [0.25, 0.3) is 0 Å². The van der Waals surface area contributed by atoms with Crippen LogP contribution in [0.2, 0.25) is 0 Å². The lowest BCUT2D eigenvalue weighted by Gasteiger charge is -2.35. The number of likely N-dealkylation sites (tertiary alicyclic amines) is 1. The number of piperidine rings is 1. The van der Waals surface area contributed by atoms with E-state index in [4.69, 9.17) is 0 Å². The predicted octanol–water partition coefficient (Wildman–Crippen LogP) is 4.33. The number of benzene rings is 2. The Balaban J connectivity index is 1.82. The van der Waals surface area contributed by atoms with Crippen LogP contribution in [0.4, 0.5) is 0 Å². The molecule has 1 aliphatic heterocycles. The number of rotatable bonds is 4. The maximum Gasteiger partial charge on any atom is 0.306 e. The molecular formula is C21H23NO3S. The van der Waals surface area contributed by atoms with Crippen molar-refractivity contribution in [3.8, 4) is 0 Å². The van der Waals surface area contributed by atoms with E-state index in [1.165, 1.54) is 0 Å². The monoisotopic (exact) mass is 369 g/mol. The summed E-state index contributed by atoms with van der Waals surface area (Å²) < 4.78 is 0. The Morgan fingerprint density at radius 1 is 1.15 bits per heavy atom. The second-order valence-electron chi connectivity index (χ2n) is 6.88. The normalized spacial score (nSPS) is 20.0. The van der Waals surface area contributed by atoms with E-state index < -0.39 is 5.97 Å². The number of carboxylic acids is 1. The van der Waals surface area contributed by atoms with Crippen LogP contribution in [0.15, 0.2) is 58.3 Å². The summed E-state index contributed by atoms with van der Waals surface area (Å²) in [5.74, 6) is -1.18. The number of nitrogens with zero attached hydrogens (tertiary/aromatic N) is 1. The van der Waals surface area contributed by atoms with Crippen LogP contribution in [0.5, 0.6) is 0 Å². The summed E-state index contributed by atoms with van der Waals surface area (Å²) in [4.78, 5) is 28.2. The Kier molecular flexibility index (Phi) is 5.67. The Hall–Kier alpha value is -2.27. The van der Waals surface area contributed by atoms with Gasteiger partial charge in [0, 0.05) is 22.9 Å². The van der Waals surface area contributed by atoms with Gasteiger partial charge < -0.3 is 10.0 Å². The third-order valence-corrected chi connectivity index (χ3v) is 5.91. The Morgan fingerprint density at radius 3 is 2.54 bits per heavy atom. The summed E-state index contributed by atoms with van der Waals surface area (Å²) in [6.07, 6.45) is 0.509. The van der Waals surface area contributed by atoms with Crippen LogP contribution in [0.1, 0.15) is 29.3 Å². The second-order valence-corrected chi connectivity index (χ2v) is 7.99. The van der Waals surface area contributed by atoms with Crippen molar-refractivity contribution in [1.29, 1.82) is 0 Å². The van der Waals surface area contributed by atoms with Crippen molar-refractivity contribution >= 4 is 23.6 Å². The van der Waals surface area contributed by atoms with Gasteiger partial charge in [0.25, 0.3) is 5.91 Å². The molecule has 0 aliphatic carbocycles. The molecule has 2 aromatic rings. The number of hydrogen-bond donors (Lipinski definition) is 1. The van der Waals surface area contributed by atoms with Crippen LogP contribution >= 0.6 is 11.8 Å². The minimum atomic E-state index is -0.764. The second kappa shape index (κ2) is 7.96. The fraction of sp³-hybridized carbons (Fsp3) is 0.333. The molecule has 3 rings (SSSR count). The highest BCUT2D eigenvalue weighted by atomic mass is 32.2. The molecule has 5 heteroatoms. The topological polar surface area (TPSA) is 57.6 Å². The molecule has 0 radical (unpaired) electrons. The summed E-state index contributed by atoms with van der Waals surface area (Å²) in [6.45, 7) is 4.90. The van der Waals surface area contributed by atoms with Crippen molar-refractivity contribution in [2.45, 2.75) is 30.1 Å². The van der Waals surface area contributed by atoms with Crippen LogP contribution in [-0.4, -0.2) is 35.0 Å². The lowest BCUT2D eigenvalue weighted by molar-refractivity contribution is -0.145. The number of carbonyl (C=O) groups is 2. The van der Waals surface area contributed by atoms with E-state index in [-0.39, 0.29) is 17.7 Å². The maximum absolute atomic E-state index is 13.1. The number of hydrogen-bond acceptors (Lipinski definition) is 3.